The first-order valence-corrected chi connectivity index (χ1v) is 6.38. The predicted molar refractivity (Wildman–Crippen MR) is 78.6 cm³/mol. The topological polar surface area (TPSA) is 67.0 Å². The van der Waals surface area contributed by atoms with Gasteiger partial charge in [-0.25, -0.2) is 0 Å². The summed E-state index contributed by atoms with van der Waals surface area (Å²) in [4.78, 5) is 11.8. The molecular formula is C15H17N3O2. The normalized spacial score (nSPS) is 10.7. The minimum atomic E-state index is -0.202. The molecular weight excluding hydrogens is 254 g/mol. The van der Waals surface area contributed by atoms with E-state index < -0.39 is 0 Å². The molecule has 0 aliphatic heterocycles. The lowest BCUT2D eigenvalue weighted by atomic mass is 10.2. The molecule has 2 aromatic rings. The molecule has 0 aliphatic carbocycles. The largest absolute Gasteiger partial charge is 0.497 e. The van der Waals surface area contributed by atoms with Crippen LogP contribution in [0.2, 0.25) is 0 Å². The molecule has 2 rings (SSSR count). The molecule has 0 bridgehead atoms. The summed E-state index contributed by atoms with van der Waals surface area (Å²) >= 11 is 0. The maximum atomic E-state index is 11.8. The van der Waals surface area contributed by atoms with Crippen molar-refractivity contribution >= 4 is 17.8 Å². The number of hydrogen-bond donors (Lipinski definition) is 2. The fourth-order valence-corrected chi connectivity index (χ4v) is 1.77. The number of anilines is 1. The summed E-state index contributed by atoms with van der Waals surface area (Å²) in [5, 5.41) is 9.44. The Hall–Kier alpha value is -2.56. The molecule has 5 heteroatoms. The summed E-state index contributed by atoms with van der Waals surface area (Å²) in [6.07, 6.45) is 5.74. The molecule has 104 valence electrons. The summed E-state index contributed by atoms with van der Waals surface area (Å²) in [5.74, 6) is 1.20. The van der Waals surface area contributed by atoms with Crippen molar-refractivity contribution in [2.75, 3.05) is 12.4 Å². The quantitative estimate of drug-likeness (QED) is 0.821. The first-order chi connectivity index (χ1) is 9.72. The fourth-order valence-electron chi connectivity index (χ4n) is 1.77. The van der Waals surface area contributed by atoms with Gasteiger partial charge in [0.25, 0.3) is 0 Å². The Morgan fingerprint density at radius 3 is 3.10 bits per heavy atom. The summed E-state index contributed by atoms with van der Waals surface area (Å²) < 4.78 is 5.13. The van der Waals surface area contributed by atoms with Crippen LogP contribution in [0.4, 0.5) is 5.82 Å². The van der Waals surface area contributed by atoms with Crippen LogP contribution in [-0.4, -0.2) is 23.2 Å². The lowest BCUT2D eigenvalue weighted by molar-refractivity contribution is -0.111. The maximum absolute atomic E-state index is 11.8. The van der Waals surface area contributed by atoms with E-state index in [2.05, 4.69) is 15.5 Å². The van der Waals surface area contributed by atoms with Gasteiger partial charge in [0, 0.05) is 11.6 Å². The molecule has 0 aliphatic rings. The van der Waals surface area contributed by atoms with E-state index in [0.717, 1.165) is 23.3 Å². The van der Waals surface area contributed by atoms with Crippen molar-refractivity contribution in [1.82, 2.24) is 10.2 Å². The number of rotatable bonds is 5. The SMILES string of the molecule is CCc1cn[nH]c1NC(=O)/C=C/c1cccc(OC)c1. The van der Waals surface area contributed by atoms with Crippen LogP contribution in [0.3, 0.4) is 0 Å². The zero-order valence-corrected chi connectivity index (χ0v) is 11.5. The number of nitrogens with zero attached hydrogens (tertiary/aromatic N) is 1. The summed E-state index contributed by atoms with van der Waals surface area (Å²) in [5.41, 5.74) is 1.88. The van der Waals surface area contributed by atoms with Crippen LogP contribution in [0.15, 0.2) is 36.5 Å². The van der Waals surface area contributed by atoms with Crippen molar-refractivity contribution in [1.29, 1.82) is 0 Å². The fraction of sp³-hybridized carbons (Fsp3) is 0.200. The zero-order valence-electron chi connectivity index (χ0n) is 11.5. The van der Waals surface area contributed by atoms with E-state index in [1.807, 2.05) is 31.2 Å². The molecule has 0 saturated carbocycles. The standard InChI is InChI=1S/C15H17N3O2/c1-3-12-10-16-18-15(12)17-14(19)8-7-11-5-4-6-13(9-11)20-2/h4-10H,3H2,1-2H3,(H2,16,17,18,19)/b8-7+. The minimum Gasteiger partial charge on any atom is -0.497 e. The van der Waals surface area contributed by atoms with Crippen LogP contribution >= 0.6 is 0 Å². The highest BCUT2D eigenvalue weighted by atomic mass is 16.5. The van der Waals surface area contributed by atoms with Gasteiger partial charge in [-0.05, 0) is 30.2 Å². The number of methoxy groups -OCH3 is 1. The van der Waals surface area contributed by atoms with Crippen LogP contribution in [0.5, 0.6) is 5.75 Å². The number of benzene rings is 1. The number of aromatic nitrogens is 2. The molecule has 0 fully saturated rings. The van der Waals surface area contributed by atoms with Gasteiger partial charge >= 0.3 is 0 Å². The highest BCUT2D eigenvalue weighted by Gasteiger charge is 2.05. The van der Waals surface area contributed by atoms with Gasteiger partial charge < -0.3 is 10.1 Å². The van der Waals surface area contributed by atoms with E-state index in [-0.39, 0.29) is 5.91 Å². The molecule has 1 aromatic carbocycles. The number of ether oxygens (including phenoxy) is 1. The highest BCUT2D eigenvalue weighted by Crippen LogP contribution is 2.14. The number of amides is 1. The smallest absolute Gasteiger partial charge is 0.249 e. The molecule has 20 heavy (non-hydrogen) atoms. The van der Waals surface area contributed by atoms with Crippen molar-refractivity contribution in [3.05, 3.63) is 47.7 Å². The van der Waals surface area contributed by atoms with E-state index in [0.29, 0.717) is 5.82 Å². The van der Waals surface area contributed by atoms with Crippen molar-refractivity contribution < 1.29 is 9.53 Å². The first kappa shape index (κ1) is 13.9. The molecule has 1 amide bonds. The monoisotopic (exact) mass is 271 g/mol. The van der Waals surface area contributed by atoms with Gasteiger partial charge in [-0.3, -0.25) is 9.89 Å². The second kappa shape index (κ2) is 6.56. The second-order valence-electron chi connectivity index (χ2n) is 4.22. The number of H-pyrrole nitrogens is 1. The Kier molecular flexibility index (Phi) is 4.55. The number of nitrogens with one attached hydrogen (secondary N) is 2. The van der Waals surface area contributed by atoms with Crippen molar-refractivity contribution in [2.24, 2.45) is 0 Å². The Morgan fingerprint density at radius 1 is 1.50 bits per heavy atom. The van der Waals surface area contributed by atoms with Gasteiger partial charge in [0.15, 0.2) is 0 Å². The van der Waals surface area contributed by atoms with Gasteiger partial charge in [-0.15, -0.1) is 0 Å². The number of hydrogen-bond acceptors (Lipinski definition) is 3. The maximum Gasteiger partial charge on any atom is 0.249 e. The molecule has 5 nitrogen and oxygen atoms in total. The third-order valence-corrected chi connectivity index (χ3v) is 2.87. The highest BCUT2D eigenvalue weighted by molar-refractivity contribution is 6.01. The molecule has 0 radical (unpaired) electrons. The Balaban J connectivity index is 2.02. The Labute approximate surface area is 117 Å². The van der Waals surface area contributed by atoms with Crippen molar-refractivity contribution in [3.8, 4) is 5.75 Å². The van der Waals surface area contributed by atoms with Gasteiger partial charge in [0.05, 0.1) is 13.3 Å². The van der Waals surface area contributed by atoms with Crippen LogP contribution in [0.1, 0.15) is 18.1 Å². The lowest BCUT2D eigenvalue weighted by Crippen LogP contribution is -2.09. The number of aromatic amines is 1. The lowest BCUT2D eigenvalue weighted by Gasteiger charge is -2.02. The van der Waals surface area contributed by atoms with E-state index in [4.69, 9.17) is 4.74 Å². The number of carbonyl (C=O) groups excluding carboxylic acids is 1. The van der Waals surface area contributed by atoms with Crippen LogP contribution in [0.25, 0.3) is 6.08 Å². The Bertz CT molecular complexity index is 617. The first-order valence-electron chi connectivity index (χ1n) is 6.38. The Morgan fingerprint density at radius 2 is 2.35 bits per heavy atom. The average Bonchev–Trinajstić information content (AvgIpc) is 2.92. The van der Waals surface area contributed by atoms with E-state index in [1.165, 1.54) is 6.08 Å². The second-order valence-corrected chi connectivity index (χ2v) is 4.22. The van der Waals surface area contributed by atoms with Crippen molar-refractivity contribution in [3.63, 3.8) is 0 Å². The molecule has 1 aromatic heterocycles. The average molecular weight is 271 g/mol. The molecule has 0 unspecified atom stereocenters. The van der Waals surface area contributed by atoms with Gasteiger partial charge in [0.2, 0.25) is 5.91 Å². The summed E-state index contributed by atoms with van der Waals surface area (Å²) in [7, 11) is 1.61. The van der Waals surface area contributed by atoms with E-state index in [1.54, 1.807) is 19.4 Å². The van der Waals surface area contributed by atoms with Crippen LogP contribution < -0.4 is 10.1 Å². The third kappa shape index (κ3) is 3.47. The third-order valence-electron chi connectivity index (χ3n) is 2.87. The van der Waals surface area contributed by atoms with Gasteiger partial charge in [-0.2, -0.15) is 5.10 Å². The summed E-state index contributed by atoms with van der Waals surface area (Å²) in [6, 6.07) is 7.49. The van der Waals surface area contributed by atoms with E-state index in [9.17, 15) is 4.79 Å². The molecule has 2 N–H and O–H groups in total. The van der Waals surface area contributed by atoms with Gasteiger partial charge in [-0.1, -0.05) is 19.1 Å². The minimum absolute atomic E-state index is 0.202. The van der Waals surface area contributed by atoms with Crippen LogP contribution in [0, 0.1) is 0 Å². The molecule has 1 heterocycles. The number of aryl methyl sites for hydroxylation is 1. The van der Waals surface area contributed by atoms with Crippen molar-refractivity contribution in [2.45, 2.75) is 13.3 Å². The molecule has 0 atom stereocenters. The van der Waals surface area contributed by atoms with Gasteiger partial charge in [0.1, 0.15) is 11.6 Å². The number of carbonyl (C=O) groups is 1. The zero-order chi connectivity index (χ0) is 14.4. The van der Waals surface area contributed by atoms with E-state index >= 15 is 0 Å². The predicted octanol–water partition coefficient (Wildman–Crippen LogP) is 2.63. The molecule has 0 saturated heterocycles. The molecule has 0 spiro atoms. The summed E-state index contributed by atoms with van der Waals surface area (Å²) in [6.45, 7) is 2.01. The van der Waals surface area contributed by atoms with Crippen LogP contribution in [-0.2, 0) is 11.2 Å².